The van der Waals surface area contributed by atoms with E-state index in [1.54, 1.807) is 24.0 Å². The van der Waals surface area contributed by atoms with Crippen LogP contribution in [0.1, 0.15) is 30.1 Å². The molecular formula is C20H22N2O4. The molecular weight excluding hydrogens is 332 g/mol. The highest BCUT2D eigenvalue weighted by molar-refractivity contribution is 5.99. The molecule has 3 rings (SSSR count). The van der Waals surface area contributed by atoms with Crippen LogP contribution in [0.4, 0.5) is 0 Å². The van der Waals surface area contributed by atoms with E-state index < -0.39 is 12.1 Å². The minimum Gasteiger partial charge on any atom is -0.451 e. The number of esters is 1. The van der Waals surface area contributed by atoms with Crippen molar-refractivity contribution in [2.75, 3.05) is 19.6 Å². The number of hydrogen-bond acceptors (Lipinski definition) is 4. The molecule has 6 nitrogen and oxygen atoms in total. The maximum Gasteiger partial charge on any atom is 0.326 e. The van der Waals surface area contributed by atoms with Crippen molar-refractivity contribution in [2.24, 2.45) is 0 Å². The zero-order chi connectivity index (χ0) is 18.5. The molecule has 1 atom stereocenters. The Morgan fingerprint density at radius 1 is 1.08 bits per heavy atom. The summed E-state index contributed by atoms with van der Waals surface area (Å²) in [4.78, 5) is 38.0. The van der Waals surface area contributed by atoms with Crippen LogP contribution < -0.4 is 5.32 Å². The van der Waals surface area contributed by atoms with Gasteiger partial charge in [0, 0.05) is 18.7 Å². The Kier molecular flexibility index (Phi) is 5.51. The lowest BCUT2D eigenvalue weighted by atomic mass is 10.1. The number of hydrogen-bond donors (Lipinski definition) is 1. The first-order chi connectivity index (χ1) is 12.5. The van der Waals surface area contributed by atoms with Crippen LogP contribution in [0.15, 0.2) is 42.5 Å². The van der Waals surface area contributed by atoms with Crippen molar-refractivity contribution in [3.05, 3.63) is 48.0 Å². The number of nitrogens with zero attached hydrogens (tertiary/aromatic N) is 1. The SMILES string of the molecule is C[C@@H](OC(=O)CNC(=O)c1ccc2ccccc2c1)C(=O)N1CCCC1. The molecule has 2 aromatic carbocycles. The predicted octanol–water partition coefficient (Wildman–Crippen LogP) is 2.12. The Bertz CT molecular complexity index is 827. The van der Waals surface area contributed by atoms with Gasteiger partial charge in [0.2, 0.25) is 0 Å². The van der Waals surface area contributed by atoms with Gasteiger partial charge in [-0.15, -0.1) is 0 Å². The molecule has 2 amide bonds. The van der Waals surface area contributed by atoms with E-state index >= 15 is 0 Å². The molecule has 2 aromatic rings. The molecule has 1 aliphatic rings. The number of likely N-dealkylation sites (tertiary alicyclic amines) is 1. The highest BCUT2D eigenvalue weighted by Crippen LogP contribution is 2.15. The number of nitrogens with one attached hydrogen (secondary N) is 1. The largest absolute Gasteiger partial charge is 0.451 e. The van der Waals surface area contributed by atoms with Crippen LogP contribution in [0.3, 0.4) is 0 Å². The summed E-state index contributed by atoms with van der Waals surface area (Å²) in [6, 6.07) is 13.1. The Labute approximate surface area is 152 Å². The molecule has 26 heavy (non-hydrogen) atoms. The molecule has 1 fully saturated rings. The number of benzene rings is 2. The van der Waals surface area contributed by atoms with Crippen molar-refractivity contribution in [1.29, 1.82) is 0 Å². The molecule has 136 valence electrons. The van der Waals surface area contributed by atoms with Crippen molar-refractivity contribution in [1.82, 2.24) is 10.2 Å². The fourth-order valence-corrected chi connectivity index (χ4v) is 3.07. The number of rotatable bonds is 5. The highest BCUT2D eigenvalue weighted by atomic mass is 16.5. The summed E-state index contributed by atoms with van der Waals surface area (Å²) >= 11 is 0. The molecule has 1 saturated heterocycles. The molecule has 1 aliphatic heterocycles. The van der Waals surface area contributed by atoms with Crippen molar-refractivity contribution < 1.29 is 19.1 Å². The van der Waals surface area contributed by atoms with E-state index in [0.717, 1.165) is 23.6 Å². The van der Waals surface area contributed by atoms with E-state index in [9.17, 15) is 14.4 Å². The fourth-order valence-electron chi connectivity index (χ4n) is 3.07. The summed E-state index contributed by atoms with van der Waals surface area (Å²) in [5.74, 6) is -1.16. The van der Waals surface area contributed by atoms with Gasteiger partial charge in [-0.05, 0) is 42.7 Å². The number of amides is 2. The number of ether oxygens (including phenoxy) is 1. The van der Waals surface area contributed by atoms with E-state index in [-0.39, 0.29) is 18.4 Å². The van der Waals surface area contributed by atoms with E-state index in [0.29, 0.717) is 18.7 Å². The maximum atomic E-state index is 12.2. The van der Waals surface area contributed by atoms with E-state index in [4.69, 9.17) is 4.74 Å². The van der Waals surface area contributed by atoms with Gasteiger partial charge in [0.15, 0.2) is 6.10 Å². The van der Waals surface area contributed by atoms with Crippen LogP contribution in [0.5, 0.6) is 0 Å². The first-order valence-electron chi connectivity index (χ1n) is 8.80. The third-order valence-electron chi connectivity index (χ3n) is 4.48. The second-order valence-corrected chi connectivity index (χ2v) is 6.41. The van der Waals surface area contributed by atoms with Crippen molar-refractivity contribution in [3.63, 3.8) is 0 Å². The summed E-state index contributed by atoms with van der Waals surface area (Å²) in [6.07, 6.45) is 1.13. The fraction of sp³-hybridized carbons (Fsp3) is 0.350. The monoisotopic (exact) mass is 354 g/mol. The second kappa shape index (κ2) is 7.99. The molecule has 0 saturated carbocycles. The van der Waals surface area contributed by atoms with Gasteiger partial charge < -0.3 is 15.0 Å². The van der Waals surface area contributed by atoms with Gasteiger partial charge in [-0.25, -0.2) is 0 Å². The molecule has 0 radical (unpaired) electrons. The van der Waals surface area contributed by atoms with Crippen LogP contribution >= 0.6 is 0 Å². The van der Waals surface area contributed by atoms with Gasteiger partial charge in [0.05, 0.1) is 0 Å². The van der Waals surface area contributed by atoms with Gasteiger partial charge >= 0.3 is 5.97 Å². The zero-order valence-corrected chi connectivity index (χ0v) is 14.7. The number of fused-ring (bicyclic) bond motifs is 1. The van der Waals surface area contributed by atoms with E-state index in [1.807, 2.05) is 30.3 Å². The van der Waals surface area contributed by atoms with Gasteiger partial charge in [-0.2, -0.15) is 0 Å². The van der Waals surface area contributed by atoms with Gasteiger partial charge in [-0.3, -0.25) is 14.4 Å². The molecule has 0 aliphatic carbocycles. The third kappa shape index (κ3) is 4.20. The summed E-state index contributed by atoms with van der Waals surface area (Å²) in [5.41, 5.74) is 0.470. The summed E-state index contributed by atoms with van der Waals surface area (Å²) < 4.78 is 5.14. The molecule has 6 heteroatoms. The first kappa shape index (κ1) is 17.9. The van der Waals surface area contributed by atoms with Crippen molar-refractivity contribution in [2.45, 2.75) is 25.9 Å². The maximum absolute atomic E-state index is 12.2. The molecule has 0 unspecified atom stereocenters. The summed E-state index contributed by atoms with van der Waals surface area (Å²) in [6.45, 7) is 2.70. The highest BCUT2D eigenvalue weighted by Gasteiger charge is 2.25. The van der Waals surface area contributed by atoms with Gasteiger partial charge in [0.1, 0.15) is 6.54 Å². The molecule has 0 aromatic heterocycles. The number of carbonyl (C=O) groups is 3. The topological polar surface area (TPSA) is 75.7 Å². The van der Waals surface area contributed by atoms with Crippen LogP contribution in [0.2, 0.25) is 0 Å². The zero-order valence-electron chi connectivity index (χ0n) is 14.7. The standard InChI is InChI=1S/C20H22N2O4/c1-14(20(25)22-10-4-5-11-22)26-18(23)13-21-19(24)17-9-8-15-6-2-3-7-16(15)12-17/h2-3,6-9,12,14H,4-5,10-11,13H2,1H3,(H,21,24)/t14-/m1/s1. The first-order valence-corrected chi connectivity index (χ1v) is 8.80. The minimum absolute atomic E-state index is 0.184. The van der Waals surface area contributed by atoms with Crippen LogP contribution in [0, 0.1) is 0 Å². The van der Waals surface area contributed by atoms with Gasteiger partial charge in [0.25, 0.3) is 11.8 Å². The smallest absolute Gasteiger partial charge is 0.326 e. The van der Waals surface area contributed by atoms with Crippen molar-refractivity contribution in [3.8, 4) is 0 Å². The van der Waals surface area contributed by atoms with Crippen molar-refractivity contribution >= 4 is 28.6 Å². The van der Waals surface area contributed by atoms with Crippen LogP contribution in [-0.4, -0.2) is 48.4 Å². The molecule has 0 spiro atoms. The van der Waals surface area contributed by atoms with Gasteiger partial charge in [-0.1, -0.05) is 30.3 Å². The average Bonchev–Trinajstić information content (AvgIpc) is 3.19. The summed E-state index contributed by atoms with van der Waals surface area (Å²) in [7, 11) is 0. The lowest BCUT2D eigenvalue weighted by molar-refractivity contribution is -0.157. The second-order valence-electron chi connectivity index (χ2n) is 6.41. The van der Waals surface area contributed by atoms with Crippen LogP contribution in [0.25, 0.3) is 10.8 Å². The van der Waals surface area contributed by atoms with Crippen LogP contribution in [-0.2, 0) is 14.3 Å². The predicted molar refractivity (Wildman–Crippen MR) is 97.6 cm³/mol. The lowest BCUT2D eigenvalue weighted by Gasteiger charge is -2.20. The number of carbonyl (C=O) groups excluding carboxylic acids is 3. The lowest BCUT2D eigenvalue weighted by Crippen LogP contribution is -2.40. The average molecular weight is 354 g/mol. The summed E-state index contributed by atoms with van der Waals surface area (Å²) in [5, 5.41) is 4.53. The van der Waals surface area contributed by atoms with E-state index in [2.05, 4.69) is 5.32 Å². The molecule has 1 heterocycles. The molecule has 0 bridgehead atoms. The molecule has 1 N–H and O–H groups in total. The Hall–Kier alpha value is -2.89. The Morgan fingerprint density at radius 2 is 1.77 bits per heavy atom. The minimum atomic E-state index is -0.835. The third-order valence-corrected chi connectivity index (χ3v) is 4.48. The van der Waals surface area contributed by atoms with E-state index in [1.165, 1.54) is 0 Å². The normalized spacial score (nSPS) is 14.9. The Morgan fingerprint density at radius 3 is 2.50 bits per heavy atom. The quantitative estimate of drug-likeness (QED) is 0.835. The Balaban J connectivity index is 1.51.